The first-order valence-electron chi connectivity index (χ1n) is 9.64. The number of rotatable bonds is 7. The van der Waals surface area contributed by atoms with Crippen LogP contribution < -0.4 is 10.2 Å². The molecule has 1 N–H and O–H groups in total. The average molecular weight is 397 g/mol. The molecule has 0 spiro atoms. The van der Waals surface area contributed by atoms with Gasteiger partial charge in [0.15, 0.2) is 0 Å². The number of nitriles is 1. The quantitative estimate of drug-likeness (QED) is 0.473. The molecule has 0 aliphatic rings. The zero-order valence-corrected chi connectivity index (χ0v) is 17.1. The van der Waals surface area contributed by atoms with Crippen molar-refractivity contribution in [3.05, 3.63) is 100 Å². The summed E-state index contributed by atoms with van der Waals surface area (Å²) in [6.07, 6.45) is 1.88. The Morgan fingerprint density at radius 3 is 2.57 bits per heavy atom. The predicted molar refractivity (Wildman–Crippen MR) is 117 cm³/mol. The molecule has 30 heavy (non-hydrogen) atoms. The molecule has 0 fully saturated rings. The monoisotopic (exact) mass is 397 g/mol. The second-order valence-corrected chi connectivity index (χ2v) is 7.03. The summed E-state index contributed by atoms with van der Waals surface area (Å²) in [6, 6.07) is 22.9. The zero-order chi connectivity index (χ0) is 21.3. The average Bonchev–Trinajstić information content (AvgIpc) is 2.75. The first kappa shape index (κ1) is 20.8. The van der Waals surface area contributed by atoms with Crippen LogP contribution in [0.2, 0.25) is 0 Å². The van der Waals surface area contributed by atoms with Gasteiger partial charge in [0.1, 0.15) is 12.4 Å². The maximum Gasteiger partial charge on any atom is 0.244 e. The molecule has 0 radical (unpaired) electrons. The predicted octanol–water partition coefficient (Wildman–Crippen LogP) is 4.45. The number of carbonyl (C=O) groups excluding carboxylic acids is 1. The fourth-order valence-electron chi connectivity index (χ4n) is 3.00. The Hall–Kier alpha value is -3.91. The highest BCUT2D eigenvalue weighted by Gasteiger charge is 2.05. The summed E-state index contributed by atoms with van der Waals surface area (Å²) in [5.41, 5.74) is 8.13. The molecular formula is C25H23N3O2. The molecule has 0 unspecified atom stereocenters. The number of benzene rings is 3. The van der Waals surface area contributed by atoms with Crippen molar-refractivity contribution in [2.24, 2.45) is 5.10 Å². The van der Waals surface area contributed by atoms with Gasteiger partial charge in [0.05, 0.1) is 24.3 Å². The van der Waals surface area contributed by atoms with Crippen molar-refractivity contribution in [2.75, 3.05) is 0 Å². The number of aryl methyl sites for hydroxylation is 2. The normalized spacial score (nSPS) is 10.6. The van der Waals surface area contributed by atoms with Gasteiger partial charge in [-0.2, -0.15) is 10.4 Å². The van der Waals surface area contributed by atoms with Crippen molar-refractivity contribution >= 4 is 12.1 Å². The largest absolute Gasteiger partial charge is 0.489 e. The molecule has 150 valence electrons. The minimum atomic E-state index is -0.158. The van der Waals surface area contributed by atoms with E-state index >= 15 is 0 Å². The number of nitrogens with zero attached hydrogens (tertiary/aromatic N) is 2. The first-order valence-corrected chi connectivity index (χ1v) is 9.64. The number of hydrogen-bond donors (Lipinski definition) is 1. The van der Waals surface area contributed by atoms with E-state index in [1.54, 1.807) is 12.3 Å². The smallest absolute Gasteiger partial charge is 0.244 e. The van der Waals surface area contributed by atoms with Crippen molar-refractivity contribution in [3.8, 4) is 11.8 Å². The topological polar surface area (TPSA) is 74.5 Å². The van der Waals surface area contributed by atoms with E-state index in [4.69, 9.17) is 10.00 Å². The van der Waals surface area contributed by atoms with Crippen LogP contribution in [0.5, 0.6) is 5.75 Å². The lowest BCUT2D eigenvalue weighted by Gasteiger charge is -2.08. The first-order chi connectivity index (χ1) is 14.5. The number of ether oxygens (including phenoxy) is 1. The van der Waals surface area contributed by atoms with Gasteiger partial charge < -0.3 is 4.74 Å². The summed E-state index contributed by atoms with van der Waals surface area (Å²) < 4.78 is 5.75. The van der Waals surface area contributed by atoms with Crippen molar-refractivity contribution < 1.29 is 9.53 Å². The molecule has 5 heteroatoms. The van der Waals surface area contributed by atoms with E-state index in [0.717, 1.165) is 22.3 Å². The van der Waals surface area contributed by atoms with Crippen LogP contribution in [0.3, 0.4) is 0 Å². The summed E-state index contributed by atoms with van der Waals surface area (Å²) in [5, 5.41) is 13.2. The molecule has 3 aromatic carbocycles. The molecule has 0 aromatic heterocycles. The third-order valence-electron chi connectivity index (χ3n) is 4.66. The lowest BCUT2D eigenvalue weighted by atomic mass is 10.0. The third kappa shape index (κ3) is 5.79. The van der Waals surface area contributed by atoms with Crippen LogP contribution in [0.4, 0.5) is 0 Å². The maximum atomic E-state index is 12.1. The van der Waals surface area contributed by atoms with Crippen LogP contribution in [0.15, 0.2) is 71.8 Å². The molecule has 0 bridgehead atoms. The van der Waals surface area contributed by atoms with E-state index in [2.05, 4.69) is 22.7 Å². The fraction of sp³-hybridized carbons (Fsp3) is 0.160. The van der Waals surface area contributed by atoms with Gasteiger partial charge in [-0.3, -0.25) is 4.79 Å². The minimum absolute atomic E-state index is 0.158. The highest BCUT2D eigenvalue weighted by molar-refractivity contribution is 5.83. The Labute approximate surface area is 176 Å². The summed E-state index contributed by atoms with van der Waals surface area (Å²) in [5.74, 6) is 0.535. The summed E-state index contributed by atoms with van der Waals surface area (Å²) >= 11 is 0. The highest BCUT2D eigenvalue weighted by Crippen LogP contribution is 2.15. The zero-order valence-electron chi connectivity index (χ0n) is 17.1. The van der Waals surface area contributed by atoms with Gasteiger partial charge in [-0.05, 0) is 60.9 Å². The number of hydrogen-bond acceptors (Lipinski definition) is 4. The van der Waals surface area contributed by atoms with Crippen molar-refractivity contribution in [3.63, 3.8) is 0 Å². The Bertz CT molecular complexity index is 1100. The lowest BCUT2D eigenvalue weighted by Crippen LogP contribution is -2.20. The van der Waals surface area contributed by atoms with Gasteiger partial charge >= 0.3 is 0 Å². The van der Waals surface area contributed by atoms with Crippen LogP contribution in [0, 0.1) is 25.2 Å². The van der Waals surface area contributed by atoms with Gasteiger partial charge in [0, 0.05) is 5.56 Å². The molecule has 0 saturated heterocycles. The Kier molecular flexibility index (Phi) is 6.96. The van der Waals surface area contributed by atoms with Crippen molar-refractivity contribution in [2.45, 2.75) is 26.9 Å². The van der Waals surface area contributed by atoms with Crippen LogP contribution in [0.25, 0.3) is 0 Å². The van der Waals surface area contributed by atoms with E-state index in [9.17, 15) is 4.79 Å². The van der Waals surface area contributed by atoms with Crippen molar-refractivity contribution in [1.29, 1.82) is 5.26 Å². The molecule has 3 rings (SSSR count). The van der Waals surface area contributed by atoms with Crippen LogP contribution in [-0.2, 0) is 17.8 Å². The van der Waals surface area contributed by atoms with E-state index in [1.807, 2.05) is 68.4 Å². The fourth-order valence-corrected chi connectivity index (χ4v) is 3.00. The van der Waals surface area contributed by atoms with Gasteiger partial charge in [-0.15, -0.1) is 0 Å². The van der Waals surface area contributed by atoms with E-state index < -0.39 is 0 Å². The molecule has 0 saturated carbocycles. The van der Waals surface area contributed by atoms with E-state index in [1.165, 1.54) is 5.56 Å². The SMILES string of the molecule is Cc1ccc(CC(=O)N/N=C\c2ccc(OCc3ccccc3C#N)cc2)c(C)c1. The molecule has 1 amide bonds. The third-order valence-corrected chi connectivity index (χ3v) is 4.66. The van der Waals surface area contributed by atoms with Crippen molar-refractivity contribution in [1.82, 2.24) is 5.43 Å². The highest BCUT2D eigenvalue weighted by atomic mass is 16.5. The standard InChI is InChI=1S/C25H23N3O2/c1-18-7-10-21(19(2)13-18)14-25(29)28-27-16-20-8-11-24(12-9-20)30-17-23-6-4-3-5-22(23)15-26/h3-13,16H,14,17H2,1-2H3,(H,28,29)/b27-16-. The van der Waals surface area contributed by atoms with E-state index in [-0.39, 0.29) is 5.91 Å². The second kappa shape index (κ2) is 10.0. The molecular weight excluding hydrogens is 374 g/mol. The summed E-state index contributed by atoms with van der Waals surface area (Å²) in [6.45, 7) is 4.36. The summed E-state index contributed by atoms with van der Waals surface area (Å²) in [7, 11) is 0. The summed E-state index contributed by atoms with van der Waals surface area (Å²) in [4.78, 5) is 12.1. The number of amides is 1. The Morgan fingerprint density at radius 2 is 1.83 bits per heavy atom. The van der Waals surface area contributed by atoms with Gasteiger partial charge in [-0.25, -0.2) is 5.43 Å². The van der Waals surface area contributed by atoms with Crippen LogP contribution >= 0.6 is 0 Å². The molecule has 0 atom stereocenters. The molecule has 5 nitrogen and oxygen atoms in total. The van der Waals surface area contributed by atoms with Gasteiger partial charge in [0.2, 0.25) is 5.91 Å². The second-order valence-electron chi connectivity index (χ2n) is 7.03. The molecule has 0 heterocycles. The number of carbonyl (C=O) groups is 1. The van der Waals surface area contributed by atoms with Gasteiger partial charge in [0.25, 0.3) is 0 Å². The number of nitrogens with one attached hydrogen (secondary N) is 1. The maximum absolute atomic E-state index is 12.1. The number of hydrazone groups is 1. The Morgan fingerprint density at radius 1 is 1.07 bits per heavy atom. The Balaban J connectivity index is 1.50. The van der Waals surface area contributed by atoms with Crippen LogP contribution in [-0.4, -0.2) is 12.1 Å². The molecule has 0 aliphatic heterocycles. The molecule has 0 aliphatic carbocycles. The molecule has 3 aromatic rings. The lowest BCUT2D eigenvalue weighted by molar-refractivity contribution is -0.120. The van der Waals surface area contributed by atoms with Crippen LogP contribution in [0.1, 0.15) is 33.4 Å². The minimum Gasteiger partial charge on any atom is -0.489 e. The van der Waals surface area contributed by atoms with Gasteiger partial charge in [-0.1, -0.05) is 42.0 Å². The van der Waals surface area contributed by atoms with E-state index in [0.29, 0.717) is 24.3 Å².